The number of ether oxygens (including phenoxy) is 1. The molecule has 0 amide bonds. The molecule has 160 valence electrons. The van der Waals surface area contributed by atoms with E-state index < -0.39 is 11.4 Å². The van der Waals surface area contributed by atoms with Gasteiger partial charge in [-0.1, -0.05) is 0 Å². The van der Waals surface area contributed by atoms with Crippen LogP contribution in [0.15, 0.2) is 30.7 Å². The minimum atomic E-state index is -1.02. The maximum absolute atomic E-state index is 15.1. The summed E-state index contributed by atoms with van der Waals surface area (Å²) < 4.78 is 22.4. The number of halogens is 1. The van der Waals surface area contributed by atoms with E-state index in [0.29, 0.717) is 45.9 Å². The van der Waals surface area contributed by atoms with E-state index in [9.17, 15) is 10.4 Å². The lowest BCUT2D eigenvalue weighted by Gasteiger charge is -2.48. The highest BCUT2D eigenvalue weighted by Crippen LogP contribution is 2.33. The molecule has 0 saturated carbocycles. The van der Waals surface area contributed by atoms with E-state index in [4.69, 9.17) is 4.74 Å². The van der Waals surface area contributed by atoms with Crippen molar-refractivity contribution in [3.8, 4) is 22.9 Å². The van der Waals surface area contributed by atoms with Crippen molar-refractivity contribution in [1.82, 2.24) is 19.9 Å². The number of nitrogens with one attached hydrogen (secondary N) is 1. The molecule has 0 aromatic carbocycles. The number of hydrogen-bond donors (Lipinski definition) is 2. The zero-order valence-corrected chi connectivity index (χ0v) is 17.3. The summed E-state index contributed by atoms with van der Waals surface area (Å²) in [6, 6.07) is 6.09. The third-order valence-corrected chi connectivity index (χ3v) is 5.65. The first-order chi connectivity index (χ1) is 14.8. The van der Waals surface area contributed by atoms with E-state index in [1.807, 2.05) is 4.90 Å². The van der Waals surface area contributed by atoms with Crippen molar-refractivity contribution in [1.29, 1.82) is 5.26 Å². The Labute approximate surface area is 178 Å². The van der Waals surface area contributed by atoms with E-state index in [-0.39, 0.29) is 6.61 Å². The molecule has 31 heavy (non-hydrogen) atoms. The summed E-state index contributed by atoms with van der Waals surface area (Å²) in [6.45, 7) is 4.84. The SMILES string of the molecule is CC(C)(O)COc1cc(-c2cnc(N3CC4CC(C3)N4)c(F)c2)c2c(C#N)cnn2c1. The van der Waals surface area contributed by atoms with E-state index in [2.05, 4.69) is 21.5 Å². The van der Waals surface area contributed by atoms with Crippen LogP contribution >= 0.6 is 0 Å². The smallest absolute Gasteiger partial charge is 0.166 e. The largest absolute Gasteiger partial charge is 0.489 e. The van der Waals surface area contributed by atoms with Crippen LogP contribution < -0.4 is 15.0 Å². The number of aliphatic hydroxyl groups is 1. The Hall–Kier alpha value is -3.22. The summed E-state index contributed by atoms with van der Waals surface area (Å²) in [7, 11) is 0. The molecule has 8 nitrogen and oxygen atoms in total. The lowest BCUT2D eigenvalue weighted by atomic mass is 9.91. The van der Waals surface area contributed by atoms with Crippen LogP contribution in [-0.2, 0) is 0 Å². The molecule has 2 atom stereocenters. The van der Waals surface area contributed by atoms with Crippen molar-refractivity contribution in [2.24, 2.45) is 0 Å². The average molecular weight is 422 g/mol. The third kappa shape index (κ3) is 3.69. The fourth-order valence-corrected chi connectivity index (χ4v) is 4.23. The molecular formula is C22H23FN6O2. The van der Waals surface area contributed by atoms with E-state index in [1.165, 1.54) is 16.8 Å². The summed E-state index contributed by atoms with van der Waals surface area (Å²) >= 11 is 0. The van der Waals surface area contributed by atoms with Gasteiger partial charge < -0.3 is 20.1 Å². The van der Waals surface area contributed by atoms with Crippen LogP contribution in [0.4, 0.5) is 10.2 Å². The van der Waals surface area contributed by atoms with Gasteiger partial charge in [-0.05, 0) is 32.4 Å². The van der Waals surface area contributed by atoms with Crippen LogP contribution in [0.2, 0.25) is 0 Å². The summed E-state index contributed by atoms with van der Waals surface area (Å²) in [6.07, 6.45) is 5.85. The van der Waals surface area contributed by atoms with Gasteiger partial charge >= 0.3 is 0 Å². The minimum absolute atomic E-state index is 0.0706. The second kappa shape index (κ2) is 7.18. The maximum Gasteiger partial charge on any atom is 0.166 e. The summed E-state index contributed by atoms with van der Waals surface area (Å²) in [5.74, 6) is 0.390. The number of hydrogen-bond acceptors (Lipinski definition) is 7. The molecule has 3 saturated heterocycles. The Morgan fingerprint density at radius 3 is 2.71 bits per heavy atom. The molecule has 2 N–H and O–H groups in total. The Balaban J connectivity index is 1.54. The number of nitriles is 1. The first-order valence-electron chi connectivity index (χ1n) is 10.2. The lowest BCUT2D eigenvalue weighted by Crippen LogP contribution is -2.67. The fraction of sp³-hybridized carbons (Fsp3) is 0.409. The molecule has 2 bridgehead atoms. The molecule has 6 heterocycles. The third-order valence-electron chi connectivity index (χ3n) is 5.65. The van der Waals surface area contributed by atoms with Gasteiger partial charge in [-0.2, -0.15) is 10.4 Å². The minimum Gasteiger partial charge on any atom is -0.489 e. The van der Waals surface area contributed by atoms with Crippen LogP contribution in [0.1, 0.15) is 25.8 Å². The molecule has 3 fully saturated rings. The topological polar surface area (TPSA) is 98.7 Å². The number of fused-ring (bicyclic) bond motifs is 3. The van der Waals surface area contributed by atoms with Gasteiger partial charge in [0.2, 0.25) is 0 Å². The number of anilines is 1. The highest BCUT2D eigenvalue weighted by atomic mass is 19.1. The van der Waals surface area contributed by atoms with Crippen LogP contribution in [0.5, 0.6) is 5.75 Å². The monoisotopic (exact) mass is 422 g/mol. The van der Waals surface area contributed by atoms with Crippen molar-refractivity contribution in [3.05, 3.63) is 42.1 Å². The molecule has 3 aromatic rings. The fourth-order valence-electron chi connectivity index (χ4n) is 4.23. The molecule has 0 spiro atoms. The molecule has 9 heteroatoms. The molecule has 3 aliphatic rings. The van der Waals surface area contributed by atoms with Crippen LogP contribution in [-0.4, -0.2) is 57.1 Å². The van der Waals surface area contributed by atoms with Crippen LogP contribution in [0, 0.1) is 17.1 Å². The maximum atomic E-state index is 15.1. The van der Waals surface area contributed by atoms with Gasteiger partial charge in [-0.3, -0.25) is 0 Å². The molecule has 2 unspecified atom stereocenters. The highest BCUT2D eigenvalue weighted by Gasteiger charge is 2.37. The quantitative estimate of drug-likeness (QED) is 0.650. The van der Waals surface area contributed by atoms with Crippen LogP contribution in [0.3, 0.4) is 0 Å². The number of piperazine rings is 1. The number of rotatable bonds is 5. The summed E-state index contributed by atoms with van der Waals surface area (Å²) in [5, 5.41) is 27.1. The average Bonchev–Trinajstić information content (AvgIpc) is 3.13. The summed E-state index contributed by atoms with van der Waals surface area (Å²) in [4.78, 5) is 6.40. The van der Waals surface area contributed by atoms with Crippen LogP contribution in [0.25, 0.3) is 16.6 Å². The predicted octanol–water partition coefficient (Wildman–Crippen LogP) is 2.11. The number of pyridine rings is 2. The second-order valence-corrected chi connectivity index (χ2v) is 8.88. The standard InChI is InChI=1S/C22H23FN6O2/c1-22(2,30)12-31-17-5-18(20-14(6-24)8-26-29(20)11-17)13-3-19(23)21(25-7-13)28-9-15-4-16(10-28)27-15/h3,5,7-8,11,15-16,27,30H,4,9-10,12H2,1-2H3. The predicted molar refractivity (Wildman–Crippen MR) is 112 cm³/mol. The Bertz CT molecular complexity index is 1180. The zero-order chi connectivity index (χ0) is 21.8. The van der Waals surface area contributed by atoms with Crippen molar-refractivity contribution < 1.29 is 14.2 Å². The van der Waals surface area contributed by atoms with Gasteiger partial charge in [-0.25, -0.2) is 13.9 Å². The van der Waals surface area contributed by atoms with Gasteiger partial charge in [0, 0.05) is 42.5 Å². The van der Waals surface area contributed by atoms with Gasteiger partial charge in [-0.15, -0.1) is 0 Å². The highest BCUT2D eigenvalue weighted by molar-refractivity contribution is 5.85. The molecule has 3 aliphatic heterocycles. The van der Waals surface area contributed by atoms with Gasteiger partial charge in [0.1, 0.15) is 18.4 Å². The number of nitrogens with zero attached hydrogens (tertiary/aromatic N) is 5. The van der Waals surface area contributed by atoms with Gasteiger partial charge in [0.15, 0.2) is 11.6 Å². The van der Waals surface area contributed by atoms with Crippen molar-refractivity contribution in [2.75, 3.05) is 24.6 Å². The molecule has 0 aliphatic carbocycles. The number of aromatic nitrogens is 3. The molecule has 0 radical (unpaired) electrons. The molecule has 3 aromatic heterocycles. The van der Waals surface area contributed by atoms with E-state index >= 15 is 4.39 Å². The van der Waals surface area contributed by atoms with Gasteiger partial charge in [0.25, 0.3) is 0 Å². The second-order valence-electron chi connectivity index (χ2n) is 8.88. The number of piperidine rings is 1. The normalized spacial score (nSPS) is 20.4. The Morgan fingerprint density at radius 1 is 1.32 bits per heavy atom. The van der Waals surface area contributed by atoms with E-state index in [1.54, 1.807) is 32.3 Å². The van der Waals surface area contributed by atoms with Gasteiger partial charge in [0.05, 0.1) is 29.1 Å². The summed E-state index contributed by atoms with van der Waals surface area (Å²) in [5.41, 5.74) is 1.02. The van der Waals surface area contributed by atoms with Crippen molar-refractivity contribution in [2.45, 2.75) is 38.0 Å². The van der Waals surface area contributed by atoms with E-state index in [0.717, 1.165) is 19.5 Å². The zero-order valence-electron chi connectivity index (χ0n) is 17.3. The Kier molecular flexibility index (Phi) is 4.57. The Morgan fingerprint density at radius 2 is 2.06 bits per heavy atom. The first kappa shape index (κ1) is 19.7. The van der Waals surface area contributed by atoms with Crippen molar-refractivity contribution in [3.63, 3.8) is 0 Å². The van der Waals surface area contributed by atoms with Crippen molar-refractivity contribution >= 4 is 11.3 Å². The molecular weight excluding hydrogens is 399 g/mol. The lowest BCUT2D eigenvalue weighted by molar-refractivity contribution is 0.0283. The first-order valence-corrected chi connectivity index (χ1v) is 10.2. The molecule has 6 rings (SSSR count).